The number of hydrogen-bond acceptors (Lipinski definition) is 3. The molecule has 1 N–H and O–H groups in total. The first-order valence-corrected chi connectivity index (χ1v) is 10.4. The van der Waals surface area contributed by atoms with Gasteiger partial charge in [-0.15, -0.1) is 0 Å². The fraction of sp³-hybridized carbons (Fsp3) is 0.417. The second-order valence-corrected chi connectivity index (χ2v) is 7.75. The molecule has 3 rings (SSSR count). The summed E-state index contributed by atoms with van der Waals surface area (Å²) in [6.07, 6.45) is 3.04. The fourth-order valence-corrected chi connectivity index (χ4v) is 3.91. The minimum absolute atomic E-state index is 0.135. The molecule has 1 atom stereocenters. The summed E-state index contributed by atoms with van der Waals surface area (Å²) in [5, 5.41) is 3.12. The van der Waals surface area contributed by atoms with Gasteiger partial charge in [-0.3, -0.25) is 9.59 Å². The number of nitrogens with zero attached hydrogens (tertiary/aromatic N) is 1. The molecule has 0 bridgehead atoms. The maximum Gasteiger partial charge on any atom is 0.251 e. The Morgan fingerprint density at radius 3 is 2.40 bits per heavy atom. The van der Waals surface area contributed by atoms with Crippen LogP contribution < -0.4 is 5.32 Å². The van der Waals surface area contributed by atoms with Crippen molar-refractivity contribution in [3.8, 4) is 0 Å². The van der Waals surface area contributed by atoms with Crippen molar-refractivity contribution in [2.45, 2.75) is 31.7 Å². The van der Waals surface area contributed by atoms with Crippen LogP contribution in [0.5, 0.6) is 0 Å². The zero-order valence-electron chi connectivity index (χ0n) is 17.4. The number of halogens is 1. The lowest BCUT2D eigenvalue weighted by atomic mass is 9.87. The maximum absolute atomic E-state index is 13.2. The summed E-state index contributed by atoms with van der Waals surface area (Å²) < 4.78 is 18.2. The van der Waals surface area contributed by atoms with Crippen LogP contribution in [0.1, 0.15) is 47.6 Å². The average Bonchev–Trinajstić information content (AvgIpc) is 2.78. The number of rotatable bonds is 8. The summed E-state index contributed by atoms with van der Waals surface area (Å²) in [5.41, 5.74) is 1.49. The molecule has 1 unspecified atom stereocenters. The molecule has 0 aromatic heterocycles. The third-order valence-corrected chi connectivity index (χ3v) is 5.67. The Morgan fingerprint density at radius 2 is 1.77 bits per heavy atom. The Hall–Kier alpha value is -2.73. The van der Waals surface area contributed by atoms with E-state index < -0.39 is 0 Å². The van der Waals surface area contributed by atoms with Gasteiger partial charge in [0.1, 0.15) is 5.82 Å². The summed E-state index contributed by atoms with van der Waals surface area (Å²) >= 11 is 0. The maximum atomic E-state index is 13.2. The molecular formula is C24H29FN2O3. The molecule has 30 heavy (non-hydrogen) atoms. The van der Waals surface area contributed by atoms with Gasteiger partial charge in [0.15, 0.2) is 0 Å². The van der Waals surface area contributed by atoms with Gasteiger partial charge in [0, 0.05) is 25.8 Å². The Kier molecular flexibility index (Phi) is 7.97. The van der Waals surface area contributed by atoms with Gasteiger partial charge in [0.05, 0.1) is 19.1 Å². The molecule has 2 aromatic rings. The van der Waals surface area contributed by atoms with Crippen LogP contribution in [0, 0.1) is 11.7 Å². The highest BCUT2D eigenvalue weighted by atomic mass is 19.1. The van der Waals surface area contributed by atoms with Crippen LogP contribution in [-0.2, 0) is 9.53 Å². The number of amides is 2. The number of carbonyl (C=O) groups excluding carboxylic acids is 2. The van der Waals surface area contributed by atoms with Crippen LogP contribution in [0.2, 0.25) is 0 Å². The van der Waals surface area contributed by atoms with E-state index in [0.717, 1.165) is 37.9 Å². The molecule has 0 saturated carbocycles. The van der Waals surface area contributed by atoms with Crippen LogP contribution in [0.4, 0.5) is 4.39 Å². The highest BCUT2D eigenvalue weighted by Gasteiger charge is 2.26. The summed E-state index contributed by atoms with van der Waals surface area (Å²) in [6.45, 7) is 1.92. The van der Waals surface area contributed by atoms with Gasteiger partial charge in [-0.1, -0.05) is 30.3 Å². The van der Waals surface area contributed by atoms with E-state index in [9.17, 15) is 14.0 Å². The number of piperidine rings is 1. The second-order valence-electron chi connectivity index (χ2n) is 7.75. The molecule has 1 heterocycles. The molecule has 0 aliphatic carbocycles. The molecule has 2 aromatic carbocycles. The Morgan fingerprint density at radius 1 is 1.10 bits per heavy atom. The first kappa shape index (κ1) is 22.0. The normalized spacial score (nSPS) is 15.6. The van der Waals surface area contributed by atoms with Crippen LogP contribution in [0.25, 0.3) is 0 Å². The molecule has 2 amide bonds. The molecule has 1 fully saturated rings. The molecular weight excluding hydrogens is 383 g/mol. The Labute approximate surface area is 177 Å². The molecule has 1 aliphatic heterocycles. The summed E-state index contributed by atoms with van der Waals surface area (Å²) in [4.78, 5) is 26.8. The lowest BCUT2D eigenvalue weighted by molar-refractivity contribution is -0.133. The summed E-state index contributed by atoms with van der Waals surface area (Å²) in [6, 6.07) is 15.3. The number of likely N-dealkylation sites (tertiary alicyclic amines) is 1. The van der Waals surface area contributed by atoms with Gasteiger partial charge < -0.3 is 15.0 Å². The number of nitrogens with one attached hydrogen (secondary N) is 1. The van der Waals surface area contributed by atoms with Crippen molar-refractivity contribution in [1.82, 2.24) is 10.2 Å². The van der Waals surface area contributed by atoms with Crippen molar-refractivity contribution in [2.75, 3.05) is 26.8 Å². The first-order chi connectivity index (χ1) is 14.6. The second kappa shape index (κ2) is 10.9. The third kappa shape index (κ3) is 6.13. The highest BCUT2D eigenvalue weighted by Crippen LogP contribution is 2.29. The van der Waals surface area contributed by atoms with Crippen molar-refractivity contribution in [1.29, 1.82) is 0 Å². The van der Waals surface area contributed by atoms with Gasteiger partial charge in [-0.2, -0.15) is 0 Å². The Balaban J connectivity index is 1.62. The Bertz CT molecular complexity index is 818. The van der Waals surface area contributed by atoms with E-state index in [2.05, 4.69) is 5.32 Å². The van der Waals surface area contributed by atoms with Crippen molar-refractivity contribution in [3.05, 3.63) is 71.5 Å². The number of methoxy groups -OCH3 is 1. The molecule has 0 spiro atoms. The molecule has 1 saturated heterocycles. The molecule has 6 heteroatoms. The average molecular weight is 413 g/mol. The molecule has 0 radical (unpaired) electrons. The lowest BCUT2D eigenvalue weighted by Gasteiger charge is -2.34. The monoisotopic (exact) mass is 412 g/mol. The van der Waals surface area contributed by atoms with Crippen LogP contribution in [-0.4, -0.2) is 43.5 Å². The van der Waals surface area contributed by atoms with Crippen molar-refractivity contribution >= 4 is 11.8 Å². The molecule has 5 nitrogen and oxygen atoms in total. The summed E-state index contributed by atoms with van der Waals surface area (Å²) in [7, 11) is 1.60. The number of ether oxygens (including phenoxy) is 1. The quantitative estimate of drug-likeness (QED) is 0.714. The SMILES string of the molecule is COCCC(=O)N1CCC(CC(NC(=O)c2ccc(F)cc2)c2ccccc2)CC1. The van der Waals surface area contributed by atoms with Gasteiger partial charge in [-0.05, 0) is 55.0 Å². The van der Waals surface area contributed by atoms with E-state index in [1.807, 2.05) is 35.2 Å². The zero-order chi connectivity index (χ0) is 21.3. The van der Waals surface area contributed by atoms with Gasteiger partial charge >= 0.3 is 0 Å². The van der Waals surface area contributed by atoms with E-state index in [0.29, 0.717) is 24.5 Å². The van der Waals surface area contributed by atoms with Gasteiger partial charge in [0.25, 0.3) is 5.91 Å². The fourth-order valence-electron chi connectivity index (χ4n) is 3.91. The van der Waals surface area contributed by atoms with Crippen molar-refractivity contribution < 1.29 is 18.7 Å². The molecule has 160 valence electrons. The number of hydrogen-bond donors (Lipinski definition) is 1. The largest absolute Gasteiger partial charge is 0.384 e. The van der Waals surface area contributed by atoms with Crippen LogP contribution in [0.3, 0.4) is 0 Å². The van der Waals surface area contributed by atoms with E-state index in [1.54, 1.807) is 7.11 Å². The van der Waals surface area contributed by atoms with Crippen molar-refractivity contribution in [3.63, 3.8) is 0 Å². The topological polar surface area (TPSA) is 58.6 Å². The number of carbonyl (C=O) groups is 2. The van der Waals surface area contributed by atoms with E-state index in [4.69, 9.17) is 4.74 Å². The van der Waals surface area contributed by atoms with Crippen molar-refractivity contribution in [2.24, 2.45) is 5.92 Å². The van der Waals surface area contributed by atoms with E-state index >= 15 is 0 Å². The third-order valence-electron chi connectivity index (χ3n) is 5.67. The smallest absolute Gasteiger partial charge is 0.251 e. The predicted octanol–water partition coefficient (Wildman–Crippen LogP) is 3.96. The van der Waals surface area contributed by atoms with Gasteiger partial charge in [-0.25, -0.2) is 4.39 Å². The first-order valence-electron chi connectivity index (χ1n) is 10.4. The lowest BCUT2D eigenvalue weighted by Crippen LogP contribution is -2.40. The minimum atomic E-state index is -0.363. The standard InChI is InChI=1S/C24H29FN2O3/c1-30-16-13-23(28)27-14-11-18(12-15-27)17-22(19-5-3-2-4-6-19)26-24(29)20-7-9-21(25)10-8-20/h2-10,18,22H,11-17H2,1H3,(H,26,29). The highest BCUT2D eigenvalue weighted by molar-refractivity contribution is 5.94. The zero-order valence-corrected chi connectivity index (χ0v) is 17.4. The van der Waals surface area contributed by atoms with Crippen LogP contribution >= 0.6 is 0 Å². The van der Waals surface area contributed by atoms with E-state index in [1.165, 1.54) is 24.3 Å². The van der Waals surface area contributed by atoms with Crippen LogP contribution in [0.15, 0.2) is 54.6 Å². The molecule has 1 aliphatic rings. The minimum Gasteiger partial charge on any atom is -0.384 e. The van der Waals surface area contributed by atoms with Gasteiger partial charge in [0.2, 0.25) is 5.91 Å². The number of benzene rings is 2. The van der Waals surface area contributed by atoms with E-state index in [-0.39, 0.29) is 23.7 Å². The summed E-state index contributed by atoms with van der Waals surface area (Å²) in [5.74, 6) is -0.0243. The predicted molar refractivity (Wildman–Crippen MR) is 113 cm³/mol.